The van der Waals surface area contributed by atoms with Crippen LogP contribution in [0.4, 0.5) is 0 Å². The van der Waals surface area contributed by atoms with Crippen LogP contribution in [0, 0.1) is 0 Å². The molecule has 3 rings (SSSR count). The van der Waals surface area contributed by atoms with Gasteiger partial charge < -0.3 is 9.72 Å². The van der Waals surface area contributed by atoms with Gasteiger partial charge in [-0.2, -0.15) is 0 Å². The van der Waals surface area contributed by atoms with Crippen molar-refractivity contribution in [1.29, 1.82) is 0 Å². The molecule has 0 bridgehead atoms. The van der Waals surface area contributed by atoms with Gasteiger partial charge in [0.25, 0.3) is 5.56 Å². The molecule has 5 nitrogen and oxygen atoms in total. The second-order valence-electron chi connectivity index (χ2n) is 5.48. The van der Waals surface area contributed by atoms with E-state index < -0.39 is 11.5 Å². The number of rotatable bonds is 2. The summed E-state index contributed by atoms with van der Waals surface area (Å²) in [4.78, 5) is 38.7. The molecule has 1 aromatic heterocycles. The molecule has 0 saturated heterocycles. The number of esters is 1. The van der Waals surface area contributed by atoms with Crippen molar-refractivity contribution < 1.29 is 14.3 Å². The van der Waals surface area contributed by atoms with Gasteiger partial charge >= 0.3 is 5.97 Å². The largest absolute Gasteiger partial charge is 0.465 e. The molecule has 0 saturated carbocycles. The molecule has 1 aliphatic rings. The first-order valence-electron chi connectivity index (χ1n) is 7.12. The molecule has 6 heteroatoms. The zero-order valence-electron chi connectivity index (χ0n) is 12.4. The Morgan fingerprint density at radius 3 is 2.74 bits per heavy atom. The zero-order chi connectivity index (χ0) is 16.6. The summed E-state index contributed by atoms with van der Waals surface area (Å²) in [7, 11) is 1.19. The van der Waals surface area contributed by atoms with E-state index in [1.165, 1.54) is 13.2 Å². The van der Waals surface area contributed by atoms with Gasteiger partial charge in [-0.3, -0.25) is 9.59 Å². The van der Waals surface area contributed by atoms with Crippen LogP contribution in [0.1, 0.15) is 44.3 Å². The summed E-state index contributed by atoms with van der Waals surface area (Å²) >= 11 is 6.00. The lowest BCUT2D eigenvalue weighted by Gasteiger charge is -2.24. The molecule has 1 heterocycles. The van der Waals surface area contributed by atoms with Crippen LogP contribution in [-0.2, 0) is 11.2 Å². The summed E-state index contributed by atoms with van der Waals surface area (Å²) in [6.07, 6.45) is 0.818. The lowest BCUT2D eigenvalue weighted by molar-refractivity contribution is 0.0598. The molecule has 1 aromatic carbocycles. The lowest BCUT2D eigenvalue weighted by atomic mass is 9.81. The lowest BCUT2D eigenvalue weighted by Crippen LogP contribution is -2.27. The third kappa shape index (κ3) is 2.92. The molecule has 0 fully saturated rings. The fraction of sp³-hybridized carbons (Fsp3) is 0.235. The van der Waals surface area contributed by atoms with Crippen LogP contribution < -0.4 is 5.56 Å². The second kappa shape index (κ2) is 6.01. The van der Waals surface area contributed by atoms with Gasteiger partial charge in [0.1, 0.15) is 5.56 Å². The van der Waals surface area contributed by atoms with Gasteiger partial charge in [-0.25, -0.2) is 4.79 Å². The minimum absolute atomic E-state index is 0.0478. The summed E-state index contributed by atoms with van der Waals surface area (Å²) in [6, 6.07) is 8.67. The van der Waals surface area contributed by atoms with Crippen molar-refractivity contribution in [2.75, 3.05) is 7.11 Å². The Morgan fingerprint density at radius 2 is 2.04 bits per heavy atom. The molecule has 23 heavy (non-hydrogen) atoms. The van der Waals surface area contributed by atoms with E-state index in [4.69, 9.17) is 11.6 Å². The van der Waals surface area contributed by atoms with Crippen molar-refractivity contribution in [1.82, 2.24) is 4.98 Å². The first-order valence-corrected chi connectivity index (χ1v) is 7.50. The van der Waals surface area contributed by atoms with Crippen LogP contribution in [0.5, 0.6) is 0 Å². The van der Waals surface area contributed by atoms with E-state index in [0.29, 0.717) is 29.1 Å². The highest BCUT2D eigenvalue weighted by atomic mass is 35.5. The van der Waals surface area contributed by atoms with Crippen molar-refractivity contribution in [3.8, 4) is 0 Å². The van der Waals surface area contributed by atoms with Gasteiger partial charge in [0.2, 0.25) is 0 Å². The molecule has 1 aliphatic carbocycles. The van der Waals surface area contributed by atoms with Crippen LogP contribution in [-0.4, -0.2) is 23.8 Å². The Balaban J connectivity index is 2.01. The van der Waals surface area contributed by atoms with Crippen molar-refractivity contribution in [3.63, 3.8) is 0 Å². The number of nitrogens with one attached hydrogen (secondary N) is 1. The van der Waals surface area contributed by atoms with Gasteiger partial charge in [-0.15, -0.1) is 0 Å². The number of pyridine rings is 1. The molecule has 1 atom stereocenters. The normalized spacial score (nSPS) is 16.8. The number of methoxy groups -OCH3 is 1. The molecular weight excluding hydrogens is 318 g/mol. The van der Waals surface area contributed by atoms with E-state index in [9.17, 15) is 14.4 Å². The number of ether oxygens (including phenoxy) is 1. The average molecular weight is 332 g/mol. The monoisotopic (exact) mass is 331 g/mol. The maximum absolute atomic E-state index is 12.4. The number of hydrogen-bond donors (Lipinski definition) is 1. The van der Waals surface area contributed by atoms with Crippen molar-refractivity contribution >= 4 is 23.4 Å². The topological polar surface area (TPSA) is 76.2 Å². The van der Waals surface area contributed by atoms with Crippen LogP contribution in [0.25, 0.3) is 0 Å². The summed E-state index contributed by atoms with van der Waals surface area (Å²) in [5.74, 6) is -0.912. The highest BCUT2D eigenvalue weighted by Gasteiger charge is 2.29. The number of halogens is 1. The Kier molecular flexibility index (Phi) is 4.05. The first-order chi connectivity index (χ1) is 11.0. The molecule has 1 N–H and O–H groups in total. The van der Waals surface area contributed by atoms with E-state index >= 15 is 0 Å². The minimum atomic E-state index is -0.751. The van der Waals surface area contributed by atoms with Gasteiger partial charge in [-0.05, 0) is 36.1 Å². The summed E-state index contributed by atoms with van der Waals surface area (Å²) in [6.45, 7) is 0. The molecule has 0 amide bonds. The predicted molar refractivity (Wildman–Crippen MR) is 85.2 cm³/mol. The van der Waals surface area contributed by atoms with E-state index in [2.05, 4.69) is 9.72 Å². The zero-order valence-corrected chi connectivity index (χ0v) is 13.1. The molecule has 0 radical (unpaired) electrons. The Hall–Kier alpha value is -2.40. The maximum atomic E-state index is 12.4. The summed E-state index contributed by atoms with van der Waals surface area (Å²) < 4.78 is 4.56. The molecule has 0 spiro atoms. The second-order valence-corrected chi connectivity index (χ2v) is 5.92. The molecule has 0 aliphatic heterocycles. The minimum Gasteiger partial charge on any atom is -0.465 e. The highest BCUT2D eigenvalue weighted by Crippen LogP contribution is 2.32. The van der Waals surface area contributed by atoms with Crippen molar-refractivity contribution in [2.24, 2.45) is 0 Å². The van der Waals surface area contributed by atoms with Crippen LogP contribution in [0.15, 0.2) is 35.1 Å². The third-order valence-corrected chi connectivity index (χ3v) is 4.27. The number of ketones is 1. The maximum Gasteiger partial charge on any atom is 0.343 e. The van der Waals surface area contributed by atoms with E-state index in [-0.39, 0.29) is 17.3 Å². The number of hydrogen-bond acceptors (Lipinski definition) is 4. The molecule has 118 valence electrons. The van der Waals surface area contributed by atoms with Crippen LogP contribution in [0.2, 0.25) is 5.02 Å². The van der Waals surface area contributed by atoms with E-state index in [1.54, 1.807) is 6.07 Å². The van der Waals surface area contributed by atoms with E-state index in [1.807, 2.05) is 18.2 Å². The van der Waals surface area contributed by atoms with Gasteiger partial charge in [0.05, 0.1) is 7.11 Å². The van der Waals surface area contributed by atoms with Gasteiger partial charge in [-0.1, -0.05) is 23.7 Å². The third-order valence-electron chi connectivity index (χ3n) is 4.03. The average Bonchev–Trinajstić information content (AvgIpc) is 2.53. The number of benzene rings is 1. The SMILES string of the molecule is COC(=O)c1cc2c([nH]c1=O)C[C@@H](c1cccc(Cl)c1)CC2=O. The smallest absolute Gasteiger partial charge is 0.343 e. The van der Waals surface area contributed by atoms with E-state index in [0.717, 1.165) is 5.56 Å². The number of aromatic amines is 1. The van der Waals surface area contributed by atoms with Crippen molar-refractivity contribution in [3.05, 3.63) is 68.1 Å². The fourth-order valence-electron chi connectivity index (χ4n) is 2.89. The number of H-pyrrole nitrogens is 1. The Bertz CT molecular complexity index is 856. The van der Waals surface area contributed by atoms with Crippen LogP contribution in [0.3, 0.4) is 0 Å². The molecular formula is C17H14ClNO4. The molecule has 2 aromatic rings. The summed E-state index contributed by atoms with van der Waals surface area (Å²) in [5.41, 5.74) is 1.18. The van der Waals surface area contributed by atoms with Crippen LogP contribution >= 0.6 is 11.6 Å². The van der Waals surface area contributed by atoms with Crippen molar-refractivity contribution in [2.45, 2.75) is 18.8 Å². The number of carbonyl (C=O) groups is 2. The Labute approximate surface area is 137 Å². The quantitative estimate of drug-likeness (QED) is 0.858. The summed E-state index contributed by atoms with van der Waals surface area (Å²) in [5, 5.41) is 0.607. The Morgan fingerprint density at radius 1 is 1.26 bits per heavy atom. The highest BCUT2D eigenvalue weighted by molar-refractivity contribution is 6.30. The fourth-order valence-corrected chi connectivity index (χ4v) is 3.09. The standard InChI is InChI=1S/C17H14ClNO4/c1-23-17(22)13-8-12-14(19-16(13)21)6-10(7-15(12)20)9-3-2-4-11(18)5-9/h2-5,8,10H,6-7H2,1H3,(H,19,21)/t10-/m1/s1. The predicted octanol–water partition coefficient (Wildman–Crippen LogP) is 2.73. The van der Waals surface area contributed by atoms with Gasteiger partial charge in [0, 0.05) is 22.7 Å². The van der Waals surface area contributed by atoms with Gasteiger partial charge in [0.15, 0.2) is 5.78 Å². The number of Topliss-reactive ketones (excluding diaryl/α,β-unsaturated/α-hetero) is 1. The molecule has 0 unspecified atom stereocenters. The number of aromatic nitrogens is 1. The number of carbonyl (C=O) groups excluding carboxylic acids is 2. The number of fused-ring (bicyclic) bond motifs is 1. The first kappa shape index (κ1) is 15.5.